The fourth-order valence-electron chi connectivity index (χ4n) is 3.44. The van der Waals surface area contributed by atoms with Gasteiger partial charge in [0, 0.05) is 12.4 Å². The summed E-state index contributed by atoms with van der Waals surface area (Å²) in [6.07, 6.45) is 10.2. The van der Waals surface area contributed by atoms with Crippen molar-refractivity contribution in [2.24, 2.45) is 0 Å². The van der Waals surface area contributed by atoms with Crippen LogP contribution in [0.1, 0.15) is 51.0 Å². The summed E-state index contributed by atoms with van der Waals surface area (Å²) >= 11 is 0. The van der Waals surface area contributed by atoms with Crippen molar-refractivity contribution in [1.29, 1.82) is 0 Å². The topological polar surface area (TPSA) is 59.5 Å². The number of aromatic nitrogens is 1. The van der Waals surface area contributed by atoms with Crippen molar-refractivity contribution in [1.82, 2.24) is 4.98 Å². The van der Waals surface area contributed by atoms with E-state index in [1.165, 1.54) is 23.6 Å². The van der Waals surface area contributed by atoms with Crippen LogP contribution in [0.4, 0.5) is 5.69 Å². The largest absolute Gasteiger partial charge is 0.490 e. The molecular formula is C21H28N2O3S. The average Bonchev–Trinajstić information content (AvgIpc) is 2.68. The molecule has 0 spiro atoms. The van der Waals surface area contributed by atoms with Gasteiger partial charge in [0.15, 0.2) is 0 Å². The standard InChI is InChI=1S/C21H28N2O3S/c1-2-15-27(24,25)23(17-18-7-6-14-22-16-18)19-10-12-21(13-11-19)26-20-8-4-3-5-9-20/h6-7,10-14,16,20H,2-5,8-9,15,17H2,1H3. The minimum absolute atomic E-state index is 0.119. The van der Waals surface area contributed by atoms with E-state index >= 15 is 0 Å². The lowest BCUT2D eigenvalue weighted by atomic mass is 9.98. The van der Waals surface area contributed by atoms with Crippen molar-refractivity contribution in [2.45, 2.75) is 58.1 Å². The number of anilines is 1. The van der Waals surface area contributed by atoms with Crippen molar-refractivity contribution in [3.05, 3.63) is 54.4 Å². The Morgan fingerprint density at radius 3 is 2.48 bits per heavy atom. The normalized spacial score (nSPS) is 15.4. The van der Waals surface area contributed by atoms with E-state index in [0.29, 0.717) is 12.1 Å². The van der Waals surface area contributed by atoms with Crippen molar-refractivity contribution >= 4 is 15.7 Å². The lowest BCUT2D eigenvalue weighted by Gasteiger charge is -2.26. The quantitative estimate of drug-likeness (QED) is 0.666. The summed E-state index contributed by atoms with van der Waals surface area (Å²) in [7, 11) is -3.40. The van der Waals surface area contributed by atoms with Crippen LogP contribution in [0.25, 0.3) is 0 Å². The third-order valence-corrected chi connectivity index (χ3v) is 6.76. The fourth-order valence-corrected chi connectivity index (χ4v) is 4.97. The summed E-state index contributed by atoms with van der Waals surface area (Å²) in [5.74, 6) is 0.924. The van der Waals surface area contributed by atoms with Gasteiger partial charge in [-0.1, -0.05) is 19.4 Å². The third kappa shape index (κ3) is 5.45. The van der Waals surface area contributed by atoms with Gasteiger partial charge in [-0.25, -0.2) is 8.42 Å². The maximum absolute atomic E-state index is 12.8. The lowest BCUT2D eigenvalue weighted by molar-refractivity contribution is 0.155. The van der Waals surface area contributed by atoms with E-state index in [9.17, 15) is 8.42 Å². The maximum atomic E-state index is 12.8. The average molecular weight is 389 g/mol. The minimum Gasteiger partial charge on any atom is -0.490 e. The Morgan fingerprint density at radius 1 is 1.11 bits per heavy atom. The van der Waals surface area contributed by atoms with Crippen LogP contribution in [0, 0.1) is 0 Å². The van der Waals surface area contributed by atoms with Crippen molar-refractivity contribution < 1.29 is 13.2 Å². The van der Waals surface area contributed by atoms with Crippen molar-refractivity contribution in [2.75, 3.05) is 10.1 Å². The summed E-state index contributed by atoms with van der Waals surface area (Å²) in [4.78, 5) is 4.10. The Kier molecular flexibility index (Phi) is 6.72. The first-order chi connectivity index (χ1) is 13.1. The van der Waals surface area contributed by atoms with Gasteiger partial charge < -0.3 is 4.74 Å². The van der Waals surface area contributed by atoms with Gasteiger partial charge >= 0.3 is 0 Å². The smallest absolute Gasteiger partial charge is 0.235 e. The van der Waals surface area contributed by atoms with E-state index in [-0.39, 0.29) is 18.4 Å². The molecule has 1 heterocycles. The molecule has 1 aromatic heterocycles. The number of sulfonamides is 1. The number of hydrogen-bond donors (Lipinski definition) is 0. The summed E-state index contributed by atoms with van der Waals surface area (Å²) in [5.41, 5.74) is 1.52. The van der Waals surface area contributed by atoms with E-state index in [2.05, 4.69) is 4.98 Å². The van der Waals surface area contributed by atoms with Crippen LogP contribution in [0.3, 0.4) is 0 Å². The van der Waals surface area contributed by atoms with Gasteiger partial charge in [0.2, 0.25) is 10.0 Å². The van der Waals surface area contributed by atoms with Gasteiger partial charge in [-0.15, -0.1) is 0 Å². The van der Waals surface area contributed by atoms with E-state index < -0.39 is 10.0 Å². The Morgan fingerprint density at radius 2 is 1.85 bits per heavy atom. The molecule has 1 saturated carbocycles. The van der Waals surface area contributed by atoms with Crippen LogP contribution in [-0.2, 0) is 16.6 Å². The molecule has 0 aliphatic heterocycles. The molecule has 6 heteroatoms. The Hall–Kier alpha value is -2.08. The van der Waals surface area contributed by atoms with Crippen LogP contribution in [0.5, 0.6) is 5.75 Å². The SMILES string of the molecule is CCCS(=O)(=O)N(Cc1cccnc1)c1ccc(OC2CCCCC2)cc1. The fraction of sp³-hybridized carbons (Fsp3) is 0.476. The molecule has 27 heavy (non-hydrogen) atoms. The van der Waals surface area contributed by atoms with E-state index in [4.69, 9.17) is 4.74 Å². The highest BCUT2D eigenvalue weighted by molar-refractivity contribution is 7.92. The second kappa shape index (κ2) is 9.22. The molecule has 0 N–H and O–H groups in total. The predicted octanol–water partition coefficient (Wildman–Crippen LogP) is 4.54. The second-order valence-electron chi connectivity index (χ2n) is 7.06. The maximum Gasteiger partial charge on any atom is 0.235 e. The Bertz CT molecular complexity index is 801. The van der Waals surface area contributed by atoms with Gasteiger partial charge in [-0.3, -0.25) is 9.29 Å². The molecule has 0 unspecified atom stereocenters. The molecule has 1 aromatic carbocycles. The number of benzene rings is 1. The molecule has 0 amide bonds. The van der Waals surface area contributed by atoms with Crippen molar-refractivity contribution in [3.8, 4) is 5.75 Å². The Balaban J connectivity index is 1.78. The molecule has 3 rings (SSSR count). The highest BCUT2D eigenvalue weighted by atomic mass is 32.2. The Labute approximate surface area is 162 Å². The molecule has 146 valence electrons. The highest BCUT2D eigenvalue weighted by Gasteiger charge is 2.22. The molecule has 1 aliphatic rings. The molecular weight excluding hydrogens is 360 g/mol. The molecule has 0 bridgehead atoms. The van der Waals surface area contributed by atoms with E-state index in [1.807, 2.05) is 43.3 Å². The van der Waals surface area contributed by atoms with Crippen LogP contribution in [-0.4, -0.2) is 25.3 Å². The first kappa shape index (κ1) is 19.7. The van der Waals surface area contributed by atoms with E-state index in [1.54, 1.807) is 12.4 Å². The lowest BCUT2D eigenvalue weighted by Crippen LogP contribution is -2.32. The van der Waals surface area contributed by atoms with Gasteiger partial charge in [0.1, 0.15) is 5.75 Å². The molecule has 0 radical (unpaired) electrons. The van der Waals surface area contributed by atoms with Crippen LogP contribution in [0.15, 0.2) is 48.8 Å². The van der Waals surface area contributed by atoms with Crippen LogP contribution < -0.4 is 9.04 Å². The van der Waals surface area contributed by atoms with E-state index in [0.717, 1.165) is 24.2 Å². The monoisotopic (exact) mass is 388 g/mol. The number of ether oxygens (including phenoxy) is 1. The molecule has 0 saturated heterocycles. The van der Waals surface area contributed by atoms with Crippen LogP contribution in [0.2, 0.25) is 0 Å². The number of nitrogens with zero attached hydrogens (tertiary/aromatic N) is 2. The zero-order valence-corrected chi connectivity index (χ0v) is 16.7. The summed E-state index contributed by atoms with van der Waals surface area (Å²) < 4.78 is 33.2. The highest BCUT2D eigenvalue weighted by Crippen LogP contribution is 2.27. The first-order valence-electron chi connectivity index (χ1n) is 9.74. The number of pyridine rings is 1. The second-order valence-corrected chi connectivity index (χ2v) is 9.07. The molecule has 2 aromatic rings. The first-order valence-corrected chi connectivity index (χ1v) is 11.4. The molecule has 1 fully saturated rings. The minimum atomic E-state index is -3.40. The summed E-state index contributed by atoms with van der Waals surface area (Å²) in [5, 5.41) is 0. The number of hydrogen-bond acceptors (Lipinski definition) is 4. The van der Waals surface area contributed by atoms with Gasteiger partial charge in [-0.2, -0.15) is 0 Å². The van der Waals surface area contributed by atoms with Gasteiger partial charge in [-0.05, 0) is 68.0 Å². The summed E-state index contributed by atoms with van der Waals surface area (Å²) in [6.45, 7) is 2.15. The van der Waals surface area contributed by atoms with Crippen molar-refractivity contribution in [3.63, 3.8) is 0 Å². The van der Waals surface area contributed by atoms with Gasteiger partial charge in [0.05, 0.1) is 24.1 Å². The third-order valence-electron chi connectivity index (χ3n) is 4.83. The number of rotatable bonds is 8. The molecule has 5 nitrogen and oxygen atoms in total. The van der Waals surface area contributed by atoms with Gasteiger partial charge in [0.25, 0.3) is 0 Å². The molecule has 0 atom stereocenters. The molecule has 1 aliphatic carbocycles. The van der Waals surface area contributed by atoms with Crippen LogP contribution >= 0.6 is 0 Å². The zero-order valence-electron chi connectivity index (χ0n) is 15.9. The predicted molar refractivity (Wildman–Crippen MR) is 108 cm³/mol. The summed E-state index contributed by atoms with van der Waals surface area (Å²) in [6, 6.07) is 11.1. The zero-order chi connectivity index (χ0) is 19.1.